The van der Waals surface area contributed by atoms with Crippen LogP contribution in [0.15, 0.2) is 78.9 Å². The first-order chi connectivity index (χ1) is 13.6. The van der Waals surface area contributed by atoms with Gasteiger partial charge >= 0.3 is 0 Å². The van der Waals surface area contributed by atoms with Crippen molar-refractivity contribution < 1.29 is 8.96 Å². The Bertz CT molecular complexity index is 1180. The number of nitrogens with zero attached hydrogens (tertiary/aromatic N) is 1. The summed E-state index contributed by atoms with van der Waals surface area (Å²) in [5, 5.41) is 1.23. The molecule has 1 nitrogen and oxygen atoms in total. The van der Waals surface area contributed by atoms with Crippen LogP contribution in [0.5, 0.6) is 0 Å². The second-order valence-electron chi connectivity index (χ2n) is 7.91. The van der Waals surface area contributed by atoms with Gasteiger partial charge in [-0.2, -0.15) is 4.57 Å². The third kappa shape index (κ3) is 2.63. The van der Waals surface area contributed by atoms with E-state index in [0.717, 1.165) is 17.7 Å². The molecule has 2 atom stereocenters. The monoisotopic (exact) mass is 368 g/mol. The molecule has 1 aromatic heterocycles. The molecule has 4 aromatic rings. The van der Waals surface area contributed by atoms with Crippen LogP contribution in [0.2, 0.25) is 0 Å². The summed E-state index contributed by atoms with van der Waals surface area (Å²) in [7, 11) is 0. The van der Waals surface area contributed by atoms with Crippen LogP contribution in [0.3, 0.4) is 0 Å². The molecule has 0 aliphatic carbocycles. The zero-order chi connectivity index (χ0) is 19.3. The van der Waals surface area contributed by atoms with Gasteiger partial charge in [0.1, 0.15) is 5.82 Å². The van der Waals surface area contributed by atoms with Crippen molar-refractivity contribution in [1.82, 2.24) is 0 Å². The predicted octanol–water partition coefficient (Wildman–Crippen LogP) is 6.67. The van der Waals surface area contributed by atoms with E-state index in [0.29, 0.717) is 12.0 Å². The molecule has 0 spiro atoms. The highest BCUT2D eigenvalue weighted by Crippen LogP contribution is 2.39. The van der Waals surface area contributed by atoms with Gasteiger partial charge in [0.2, 0.25) is 11.2 Å². The van der Waals surface area contributed by atoms with Crippen molar-refractivity contribution in [2.75, 3.05) is 0 Å². The SMILES string of the molecule is CC1CC(C)[n+]2c(cc(-c3ccccc3)c3ccccc32)-c2cc(F)ccc21. The summed E-state index contributed by atoms with van der Waals surface area (Å²) >= 11 is 0. The largest absolute Gasteiger partial charge is 0.214 e. The van der Waals surface area contributed by atoms with Crippen molar-refractivity contribution in [3.8, 4) is 22.4 Å². The Morgan fingerprint density at radius 3 is 2.39 bits per heavy atom. The fraction of sp³-hybridized carbons (Fsp3) is 0.192. The molecular weight excluding hydrogens is 345 g/mol. The number of benzene rings is 3. The highest BCUT2D eigenvalue weighted by atomic mass is 19.1. The van der Waals surface area contributed by atoms with Gasteiger partial charge in [0, 0.05) is 24.1 Å². The summed E-state index contributed by atoms with van der Waals surface area (Å²) in [6.07, 6.45) is 1.03. The zero-order valence-electron chi connectivity index (χ0n) is 16.2. The zero-order valence-corrected chi connectivity index (χ0v) is 16.2. The maximum Gasteiger partial charge on any atom is 0.214 e. The minimum absolute atomic E-state index is 0.179. The fourth-order valence-corrected chi connectivity index (χ4v) is 4.79. The van der Waals surface area contributed by atoms with E-state index in [1.165, 1.54) is 27.6 Å². The Morgan fingerprint density at radius 1 is 0.821 bits per heavy atom. The smallest absolute Gasteiger partial charge is 0.207 e. The van der Waals surface area contributed by atoms with Gasteiger partial charge in [-0.25, -0.2) is 4.39 Å². The highest BCUT2D eigenvalue weighted by molar-refractivity contribution is 5.94. The summed E-state index contributed by atoms with van der Waals surface area (Å²) in [4.78, 5) is 0. The van der Waals surface area contributed by atoms with Crippen LogP contribution in [0.25, 0.3) is 33.3 Å². The number of para-hydroxylation sites is 1. The van der Waals surface area contributed by atoms with E-state index in [-0.39, 0.29) is 5.82 Å². The van der Waals surface area contributed by atoms with Crippen molar-refractivity contribution in [1.29, 1.82) is 0 Å². The Hall–Kier alpha value is -3.00. The number of halogens is 1. The number of rotatable bonds is 1. The number of hydrogen-bond acceptors (Lipinski definition) is 0. The van der Waals surface area contributed by atoms with Crippen LogP contribution in [0, 0.1) is 5.82 Å². The van der Waals surface area contributed by atoms with Gasteiger partial charge in [0.15, 0.2) is 6.04 Å². The van der Waals surface area contributed by atoms with Gasteiger partial charge in [-0.1, -0.05) is 55.5 Å². The molecule has 2 heterocycles. The van der Waals surface area contributed by atoms with Crippen molar-refractivity contribution in [2.45, 2.75) is 32.2 Å². The number of fused-ring (bicyclic) bond motifs is 5. The summed E-state index contributed by atoms with van der Waals surface area (Å²) in [6, 6.07) is 26.9. The average molecular weight is 368 g/mol. The number of aromatic nitrogens is 1. The van der Waals surface area contributed by atoms with Crippen LogP contribution in [0.4, 0.5) is 4.39 Å². The minimum Gasteiger partial charge on any atom is -0.207 e. The Balaban J connectivity index is 1.93. The second kappa shape index (κ2) is 6.56. The van der Waals surface area contributed by atoms with Crippen molar-refractivity contribution >= 4 is 10.9 Å². The van der Waals surface area contributed by atoms with E-state index >= 15 is 0 Å². The molecule has 0 N–H and O–H groups in total. The van der Waals surface area contributed by atoms with Gasteiger partial charge in [0.05, 0.1) is 10.9 Å². The standard InChI is InChI=1S/C26H23FN/c1-17-14-18(2)28-25-11-7-6-10-22(25)23(19-8-4-3-5-9-19)16-26(28)24-15-20(27)12-13-21(17)24/h3-13,15-18H,14H2,1-2H3/q+1. The molecular formula is C26H23FN+. The molecule has 0 saturated heterocycles. The van der Waals surface area contributed by atoms with Crippen LogP contribution < -0.4 is 4.57 Å². The second-order valence-corrected chi connectivity index (χ2v) is 7.91. The fourth-order valence-electron chi connectivity index (χ4n) is 4.79. The number of hydrogen-bond donors (Lipinski definition) is 0. The lowest BCUT2D eigenvalue weighted by molar-refractivity contribution is -0.684. The van der Waals surface area contributed by atoms with Gasteiger partial charge in [-0.05, 0) is 42.2 Å². The molecule has 0 fully saturated rings. The molecule has 0 radical (unpaired) electrons. The molecule has 2 heteroatoms. The minimum atomic E-state index is -0.179. The van der Waals surface area contributed by atoms with E-state index in [1.54, 1.807) is 12.1 Å². The molecule has 28 heavy (non-hydrogen) atoms. The van der Waals surface area contributed by atoms with Gasteiger partial charge in [0.25, 0.3) is 0 Å². The van der Waals surface area contributed by atoms with Crippen LogP contribution in [0.1, 0.15) is 37.8 Å². The van der Waals surface area contributed by atoms with E-state index in [2.05, 4.69) is 73.0 Å². The van der Waals surface area contributed by atoms with Crippen LogP contribution in [-0.2, 0) is 0 Å². The Labute approximate surface area is 165 Å². The first-order valence-electron chi connectivity index (χ1n) is 9.96. The summed E-state index contributed by atoms with van der Waals surface area (Å²) < 4.78 is 16.7. The summed E-state index contributed by atoms with van der Waals surface area (Å²) in [5.41, 5.74) is 6.93. The molecule has 1 aliphatic rings. The van der Waals surface area contributed by atoms with Gasteiger partial charge in [-0.15, -0.1) is 0 Å². The third-order valence-corrected chi connectivity index (χ3v) is 6.04. The lowest BCUT2D eigenvalue weighted by atomic mass is 9.91. The van der Waals surface area contributed by atoms with Crippen molar-refractivity contribution in [3.63, 3.8) is 0 Å². The maximum absolute atomic E-state index is 14.3. The van der Waals surface area contributed by atoms with E-state index < -0.39 is 0 Å². The highest BCUT2D eigenvalue weighted by Gasteiger charge is 2.33. The number of pyridine rings is 1. The first-order valence-corrected chi connectivity index (χ1v) is 9.96. The predicted molar refractivity (Wildman–Crippen MR) is 113 cm³/mol. The molecule has 0 saturated carbocycles. The average Bonchev–Trinajstić information content (AvgIpc) is 2.82. The summed E-state index contributed by atoms with van der Waals surface area (Å²) in [5.74, 6) is 0.200. The molecule has 138 valence electrons. The topological polar surface area (TPSA) is 3.88 Å². The van der Waals surface area contributed by atoms with Crippen molar-refractivity contribution in [3.05, 3.63) is 90.2 Å². The molecule has 0 amide bonds. The quantitative estimate of drug-likeness (QED) is 0.330. The molecule has 3 aromatic carbocycles. The van der Waals surface area contributed by atoms with Crippen LogP contribution in [-0.4, -0.2) is 0 Å². The molecule has 2 unspecified atom stereocenters. The van der Waals surface area contributed by atoms with E-state index in [9.17, 15) is 4.39 Å². The third-order valence-electron chi connectivity index (χ3n) is 6.04. The normalized spacial score (nSPS) is 18.4. The molecule has 1 aliphatic heterocycles. The maximum atomic E-state index is 14.3. The van der Waals surface area contributed by atoms with Crippen molar-refractivity contribution in [2.24, 2.45) is 0 Å². The van der Waals surface area contributed by atoms with E-state index in [1.807, 2.05) is 12.1 Å². The lowest BCUT2D eigenvalue weighted by Gasteiger charge is -2.14. The lowest BCUT2D eigenvalue weighted by Crippen LogP contribution is -2.40. The molecule has 5 rings (SSSR count). The first kappa shape index (κ1) is 17.1. The summed E-state index contributed by atoms with van der Waals surface area (Å²) in [6.45, 7) is 4.52. The van der Waals surface area contributed by atoms with Gasteiger partial charge in [-0.3, -0.25) is 0 Å². The van der Waals surface area contributed by atoms with Crippen LogP contribution >= 0.6 is 0 Å². The van der Waals surface area contributed by atoms with E-state index in [4.69, 9.17) is 0 Å². The Morgan fingerprint density at radius 2 is 1.57 bits per heavy atom. The van der Waals surface area contributed by atoms with Gasteiger partial charge < -0.3 is 0 Å². The Kier molecular flexibility index (Phi) is 4.01. The molecule has 0 bridgehead atoms.